The second-order valence-electron chi connectivity index (χ2n) is 14.2. The Kier molecular flexibility index (Phi) is 8.41. The molecule has 1 atom stereocenters. The van der Waals surface area contributed by atoms with E-state index in [1.807, 2.05) is 13.0 Å². The molecule has 0 radical (unpaired) electrons. The van der Waals surface area contributed by atoms with Gasteiger partial charge in [-0.25, -0.2) is 4.79 Å². The van der Waals surface area contributed by atoms with Gasteiger partial charge in [0.05, 0.1) is 22.4 Å². The monoisotopic (exact) mass is 692 g/mol. The molecule has 4 aromatic carbocycles. The summed E-state index contributed by atoms with van der Waals surface area (Å²) >= 11 is 0. The summed E-state index contributed by atoms with van der Waals surface area (Å²) in [4.78, 5) is 39.7. The van der Waals surface area contributed by atoms with E-state index in [4.69, 9.17) is 4.42 Å². The van der Waals surface area contributed by atoms with Gasteiger partial charge in [0.2, 0.25) is 5.78 Å². The minimum Gasteiger partial charge on any atom is -0.507 e. The van der Waals surface area contributed by atoms with E-state index in [0.29, 0.717) is 44.9 Å². The molecule has 0 saturated carbocycles. The number of rotatable bonds is 6. The van der Waals surface area contributed by atoms with Crippen molar-refractivity contribution in [1.29, 1.82) is 0 Å². The largest absolute Gasteiger partial charge is 0.507 e. The first kappa shape index (κ1) is 35.1. The molecule has 5 aromatic rings. The van der Waals surface area contributed by atoms with E-state index in [0.717, 1.165) is 5.56 Å². The highest BCUT2D eigenvalue weighted by Crippen LogP contribution is 2.54. The molecule has 0 amide bonds. The van der Waals surface area contributed by atoms with Crippen molar-refractivity contribution in [1.82, 2.24) is 0 Å². The van der Waals surface area contributed by atoms with E-state index in [-0.39, 0.29) is 61.9 Å². The molecule has 1 aliphatic carbocycles. The lowest BCUT2D eigenvalue weighted by molar-refractivity contribution is -0.119. The van der Waals surface area contributed by atoms with Crippen molar-refractivity contribution in [3.8, 4) is 39.9 Å². The molecular formula is C41H40O10. The van der Waals surface area contributed by atoms with Crippen molar-refractivity contribution in [2.75, 3.05) is 0 Å². The van der Waals surface area contributed by atoms with Gasteiger partial charge in [0, 0.05) is 33.2 Å². The molecule has 6 N–H and O–H groups in total. The lowest BCUT2D eigenvalue weighted by atomic mass is 9.72. The number of hydrogen-bond acceptors (Lipinski definition) is 10. The highest BCUT2D eigenvalue weighted by atomic mass is 16.4. The summed E-state index contributed by atoms with van der Waals surface area (Å²) in [6.07, 6.45) is -0.0979. The van der Waals surface area contributed by atoms with E-state index in [1.165, 1.54) is 0 Å². The van der Waals surface area contributed by atoms with Crippen LogP contribution in [-0.4, -0.2) is 42.7 Å². The SMILES string of the molecule is Cc1cc(C)c2c(O)c(CC3C(=O)C(O)=C(C(C)C)c4cc(C)c(-c5c(C)cc6c(C(C)C)c(O)c(O)c(C=O)c6c5O)c(O)c43)c(=O)oc2c1. The minimum absolute atomic E-state index is 0.0292. The molecule has 51 heavy (non-hydrogen) atoms. The number of Topliss-reactive ketones (excluding diaryl/α,β-unsaturated/α-hetero) is 1. The van der Waals surface area contributed by atoms with Crippen LogP contribution in [0.2, 0.25) is 0 Å². The van der Waals surface area contributed by atoms with Gasteiger partial charge in [-0.3, -0.25) is 9.59 Å². The number of benzene rings is 4. The zero-order valence-electron chi connectivity index (χ0n) is 29.6. The number of carbonyl (C=O) groups excluding carboxylic acids is 2. The number of ketones is 1. The summed E-state index contributed by atoms with van der Waals surface area (Å²) < 4.78 is 5.60. The van der Waals surface area contributed by atoms with Crippen LogP contribution in [0.15, 0.2) is 39.2 Å². The molecule has 0 aliphatic heterocycles. The molecule has 1 aliphatic rings. The Balaban J connectivity index is 1.69. The van der Waals surface area contributed by atoms with E-state index < -0.39 is 52.5 Å². The Morgan fingerprint density at radius 1 is 0.725 bits per heavy atom. The van der Waals surface area contributed by atoms with Gasteiger partial charge in [0.15, 0.2) is 23.5 Å². The number of phenolic OH excluding ortho intramolecular Hbond substituents is 4. The molecule has 0 saturated heterocycles. The Morgan fingerprint density at radius 2 is 1.35 bits per heavy atom. The first-order valence-corrected chi connectivity index (χ1v) is 16.7. The third-order valence-electron chi connectivity index (χ3n) is 10.1. The van der Waals surface area contributed by atoms with Crippen LogP contribution in [0.5, 0.6) is 28.7 Å². The predicted octanol–water partition coefficient (Wildman–Crippen LogP) is 8.14. The summed E-state index contributed by atoms with van der Waals surface area (Å²) in [7, 11) is 0. The maximum atomic E-state index is 14.1. The van der Waals surface area contributed by atoms with E-state index >= 15 is 0 Å². The van der Waals surface area contributed by atoms with E-state index in [2.05, 4.69) is 0 Å². The molecule has 264 valence electrons. The average molecular weight is 693 g/mol. The van der Waals surface area contributed by atoms with Crippen LogP contribution in [0.3, 0.4) is 0 Å². The molecule has 0 fully saturated rings. The Morgan fingerprint density at radius 3 is 1.96 bits per heavy atom. The highest BCUT2D eigenvalue weighted by molar-refractivity contribution is 6.12. The number of allylic oxidation sites excluding steroid dienone is 2. The summed E-state index contributed by atoms with van der Waals surface area (Å²) in [6.45, 7) is 14.1. The van der Waals surface area contributed by atoms with Crippen LogP contribution in [0.4, 0.5) is 0 Å². The molecule has 1 heterocycles. The van der Waals surface area contributed by atoms with Crippen LogP contribution < -0.4 is 5.63 Å². The second-order valence-corrected chi connectivity index (χ2v) is 14.2. The van der Waals surface area contributed by atoms with Crippen LogP contribution in [0.25, 0.3) is 38.4 Å². The lowest BCUT2D eigenvalue weighted by Gasteiger charge is -2.31. The van der Waals surface area contributed by atoms with Gasteiger partial charge >= 0.3 is 5.63 Å². The van der Waals surface area contributed by atoms with Crippen molar-refractivity contribution < 1.29 is 44.6 Å². The number of aliphatic hydroxyl groups is 1. The third kappa shape index (κ3) is 5.11. The van der Waals surface area contributed by atoms with Crippen LogP contribution in [-0.2, 0) is 11.2 Å². The number of aliphatic hydroxyl groups excluding tert-OH is 1. The van der Waals surface area contributed by atoms with Crippen molar-refractivity contribution in [2.45, 2.75) is 73.6 Å². The van der Waals surface area contributed by atoms with Crippen molar-refractivity contribution >= 4 is 39.4 Å². The lowest BCUT2D eigenvalue weighted by Crippen LogP contribution is -2.27. The number of fused-ring (bicyclic) bond motifs is 3. The average Bonchev–Trinajstić information content (AvgIpc) is 3.02. The maximum Gasteiger partial charge on any atom is 0.343 e. The van der Waals surface area contributed by atoms with Gasteiger partial charge in [-0.1, -0.05) is 45.9 Å². The zero-order chi connectivity index (χ0) is 37.5. The number of phenols is 4. The Bertz CT molecular complexity index is 2460. The summed E-state index contributed by atoms with van der Waals surface area (Å²) in [5, 5.41) is 69.3. The smallest absolute Gasteiger partial charge is 0.343 e. The molecule has 1 unspecified atom stereocenters. The molecule has 6 rings (SSSR count). The molecule has 1 aromatic heterocycles. The fourth-order valence-electron chi connectivity index (χ4n) is 7.95. The fraction of sp³-hybridized carbons (Fsp3) is 0.293. The Hall–Kier alpha value is -5.77. The summed E-state index contributed by atoms with van der Waals surface area (Å²) in [6, 6.07) is 6.78. The van der Waals surface area contributed by atoms with Crippen LogP contribution >= 0.6 is 0 Å². The first-order valence-electron chi connectivity index (χ1n) is 16.7. The Labute approximate surface area is 293 Å². The van der Waals surface area contributed by atoms with Gasteiger partial charge in [-0.15, -0.1) is 0 Å². The zero-order valence-corrected chi connectivity index (χ0v) is 29.6. The molecular weight excluding hydrogens is 652 g/mol. The number of hydrogen-bond donors (Lipinski definition) is 6. The van der Waals surface area contributed by atoms with Gasteiger partial charge in [0.1, 0.15) is 22.8 Å². The molecule has 10 nitrogen and oxygen atoms in total. The first-order chi connectivity index (χ1) is 23.9. The summed E-state index contributed by atoms with van der Waals surface area (Å²) in [5.74, 6) is -5.75. The summed E-state index contributed by atoms with van der Waals surface area (Å²) in [5.41, 5.74) is 2.36. The van der Waals surface area contributed by atoms with Gasteiger partial charge in [0.25, 0.3) is 0 Å². The standard InChI is InChI=1S/C41H40O10/c1-15(2)27-21-11-19(7)30(31-20(8)12-22-28(16(3)4)40(49)36(45)25(14-42)33(22)38(31)47)37(46)32(21)23(35(44)39(27)48)13-24-34(43)29-18(6)9-17(5)10-26(29)51-41(24)50/h9-12,14-16,23,43,45-49H,13H2,1-8H3. The molecule has 0 spiro atoms. The van der Waals surface area contributed by atoms with Crippen molar-refractivity contribution in [3.05, 3.63) is 90.5 Å². The van der Waals surface area contributed by atoms with Crippen molar-refractivity contribution in [3.63, 3.8) is 0 Å². The van der Waals surface area contributed by atoms with E-state index in [9.17, 15) is 45.0 Å². The highest BCUT2D eigenvalue weighted by Gasteiger charge is 2.40. The van der Waals surface area contributed by atoms with Crippen LogP contribution in [0.1, 0.15) is 94.4 Å². The normalized spacial score (nSPS) is 14.7. The number of aromatic hydroxyl groups is 5. The van der Waals surface area contributed by atoms with Crippen molar-refractivity contribution in [2.24, 2.45) is 5.92 Å². The predicted molar refractivity (Wildman–Crippen MR) is 194 cm³/mol. The van der Waals surface area contributed by atoms with Gasteiger partial charge < -0.3 is 35.1 Å². The second kappa shape index (κ2) is 12.2. The topological polar surface area (TPSA) is 186 Å². The molecule has 10 heteroatoms. The van der Waals surface area contributed by atoms with E-state index in [1.54, 1.807) is 66.7 Å². The van der Waals surface area contributed by atoms with Crippen LogP contribution in [0, 0.1) is 33.6 Å². The number of carbonyl (C=O) groups is 2. The number of aldehydes is 1. The molecule has 0 bridgehead atoms. The quantitative estimate of drug-likeness (QED) is 0.0576. The third-order valence-corrected chi connectivity index (χ3v) is 10.1. The number of aryl methyl sites for hydroxylation is 4. The fourth-order valence-corrected chi connectivity index (χ4v) is 7.95. The van der Waals surface area contributed by atoms with Gasteiger partial charge in [-0.2, -0.15) is 0 Å². The maximum absolute atomic E-state index is 14.1. The van der Waals surface area contributed by atoms with Gasteiger partial charge in [-0.05, 0) is 85.2 Å². The minimum atomic E-state index is -1.36.